The molecule has 36 heavy (non-hydrogen) atoms. The van der Waals surface area contributed by atoms with Crippen LogP contribution in [0.25, 0.3) is 22.3 Å². The first kappa shape index (κ1) is 23.3. The first-order chi connectivity index (χ1) is 17.4. The molecule has 0 radical (unpaired) electrons. The number of ketones is 1. The Morgan fingerprint density at radius 3 is 2.61 bits per heavy atom. The minimum absolute atomic E-state index is 0.149. The van der Waals surface area contributed by atoms with Crippen LogP contribution in [0.1, 0.15) is 34.8 Å². The molecular formula is C26H22F2N6O2. The third kappa shape index (κ3) is 4.10. The molecule has 1 aliphatic heterocycles. The first-order valence-electron chi connectivity index (χ1n) is 11.4. The van der Waals surface area contributed by atoms with Crippen molar-refractivity contribution < 1.29 is 18.4 Å². The number of anilines is 1. The fourth-order valence-corrected chi connectivity index (χ4v) is 4.54. The van der Waals surface area contributed by atoms with E-state index in [4.69, 9.17) is 10.8 Å². The van der Waals surface area contributed by atoms with Gasteiger partial charge in [0.1, 0.15) is 29.5 Å². The smallest absolute Gasteiger partial charge is 0.246 e. The van der Waals surface area contributed by atoms with Gasteiger partial charge in [0, 0.05) is 24.2 Å². The largest absolute Gasteiger partial charge is 0.383 e. The number of piperidine rings is 1. The van der Waals surface area contributed by atoms with Gasteiger partial charge in [0.15, 0.2) is 11.4 Å². The average molecular weight is 488 g/mol. The van der Waals surface area contributed by atoms with Gasteiger partial charge in [0.2, 0.25) is 5.91 Å². The summed E-state index contributed by atoms with van der Waals surface area (Å²) in [5.74, 6) is -1.77. The zero-order valence-electron chi connectivity index (χ0n) is 19.2. The lowest BCUT2D eigenvalue weighted by Crippen LogP contribution is -2.40. The van der Waals surface area contributed by atoms with Gasteiger partial charge in [0.25, 0.3) is 0 Å². The third-order valence-electron chi connectivity index (χ3n) is 6.34. The van der Waals surface area contributed by atoms with Crippen LogP contribution < -0.4 is 5.73 Å². The maximum absolute atomic E-state index is 15.1. The van der Waals surface area contributed by atoms with Gasteiger partial charge in [-0.25, -0.2) is 23.4 Å². The molecule has 8 nitrogen and oxygen atoms in total. The number of fused-ring (bicyclic) bond motifs is 1. The number of hydrogen-bond donors (Lipinski definition) is 1. The van der Waals surface area contributed by atoms with Gasteiger partial charge in [-0.05, 0) is 55.3 Å². The number of rotatable bonds is 5. The van der Waals surface area contributed by atoms with E-state index in [1.165, 1.54) is 36.7 Å². The van der Waals surface area contributed by atoms with Crippen molar-refractivity contribution in [2.45, 2.75) is 18.9 Å². The van der Waals surface area contributed by atoms with E-state index in [0.717, 1.165) is 25.0 Å². The van der Waals surface area contributed by atoms with Crippen LogP contribution in [0.3, 0.4) is 0 Å². The number of carbonyl (C=O) groups is 2. The minimum Gasteiger partial charge on any atom is -0.383 e. The Kier molecular flexibility index (Phi) is 6.01. The van der Waals surface area contributed by atoms with Gasteiger partial charge < -0.3 is 10.6 Å². The van der Waals surface area contributed by atoms with Crippen molar-refractivity contribution in [3.63, 3.8) is 0 Å². The molecule has 0 saturated carbocycles. The number of aromatic nitrogens is 4. The Bertz CT molecular complexity index is 1500. The third-order valence-corrected chi connectivity index (χ3v) is 6.34. The lowest BCUT2D eigenvalue weighted by molar-refractivity contribution is -0.127. The molecule has 1 fully saturated rings. The van der Waals surface area contributed by atoms with Crippen molar-refractivity contribution in [1.29, 1.82) is 0 Å². The standard InChI is InChI=1S/C26H22F2N6O2/c1-2-21(35)33-11-3-4-18(13-33)34-26-22(25(29)30-14-31-26)23(32-34)16-7-10-19(20(28)12-16)24(36)15-5-8-17(27)9-6-15/h2,5-10,12,14,18H,1,3-4,11,13H2,(H2,29,30,31). The number of amides is 1. The molecule has 1 aliphatic rings. The van der Waals surface area contributed by atoms with Gasteiger partial charge in [-0.3, -0.25) is 9.59 Å². The summed E-state index contributed by atoms with van der Waals surface area (Å²) in [4.78, 5) is 35.1. The van der Waals surface area contributed by atoms with Crippen LogP contribution in [0, 0.1) is 11.6 Å². The summed E-state index contributed by atoms with van der Waals surface area (Å²) in [6, 6.07) is 8.90. The molecule has 2 aromatic carbocycles. The number of benzene rings is 2. The van der Waals surface area contributed by atoms with Gasteiger partial charge in [-0.2, -0.15) is 5.10 Å². The van der Waals surface area contributed by atoms with Crippen LogP contribution in [0.2, 0.25) is 0 Å². The van der Waals surface area contributed by atoms with Crippen molar-refractivity contribution >= 4 is 28.5 Å². The first-order valence-corrected chi connectivity index (χ1v) is 11.4. The second-order valence-corrected chi connectivity index (χ2v) is 8.57. The van der Waals surface area contributed by atoms with Gasteiger partial charge in [0.05, 0.1) is 17.0 Å². The molecule has 2 N–H and O–H groups in total. The van der Waals surface area contributed by atoms with E-state index >= 15 is 4.39 Å². The second kappa shape index (κ2) is 9.29. The summed E-state index contributed by atoms with van der Waals surface area (Å²) in [5.41, 5.74) is 7.44. The summed E-state index contributed by atoms with van der Waals surface area (Å²) in [5, 5.41) is 5.18. The van der Waals surface area contributed by atoms with Gasteiger partial charge in [-0.1, -0.05) is 12.6 Å². The van der Waals surface area contributed by atoms with Crippen molar-refractivity contribution in [2.75, 3.05) is 18.8 Å². The summed E-state index contributed by atoms with van der Waals surface area (Å²) in [6.07, 6.45) is 4.16. The molecule has 1 unspecified atom stereocenters. The zero-order valence-corrected chi connectivity index (χ0v) is 19.2. The van der Waals surface area contributed by atoms with E-state index in [0.29, 0.717) is 35.4 Å². The molecule has 2 aromatic heterocycles. The Morgan fingerprint density at radius 1 is 1.11 bits per heavy atom. The molecular weight excluding hydrogens is 466 g/mol. The number of nitrogens with zero attached hydrogens (tertiary/aromatic N) is 5. The normalized spacial score (nSPS) is 15.7. The second-order valence-electron chi connectivity index (χ2n) is 8.57. The van der Waals surface area contributed by atoms with Crippen molar-refractivity contribution in [3.8, 4) is 11.3 Å². The molecule has 1 amide bonds. The van der Waals surface area contributed by atoms with E-state index in [1.807, 2.05) is 0 Å². The molecule has 3 heterocycles. The molecule has 0 bridgehead atoms. The molecule has 1 saturated heterocycles. The van der Waals surface area contributed by atoms with E-state index < -0.39 is 17.4 Å². The molecule has 0 aliphatic carbocycles. The SMILES string of the molecule is C=CC(=O)N1CCCC(n2nc(-c3ccc(C(=O)c4ccc(F)cc4)c(F)c3)c3c(N)ncnc32)C1. The van der Waals surface area contributed by atoms with Crippen molar-refractivity contribution in [1.82, 2.24) is 24.6 Å². The quantitative estimate of drug-likeness (QED) is 0.337. The monoisotopic (exact) mass is 488 g/mol. The highest BCUT2D eigenvalue weighted by atomic mass is 19.1. The van der Waals surface area contributed by atoms with Gasteiger partial charge in [-0.15, -0.1) is 0 Å². The number of carbonyl (C=O) groups excluding carboxylic acids is 2. The maximum atomic E-state index is 15.1. The topological polar surface area (TPSA) is 107 Å². The molecule has 10 heteroatoms. The summed E-state index contributed by atoms with van der Waals surface area (Å²) in [7, 11) is 0. The summed E-state index contributed by atoms with van der Waals surface area (Å²) >= 11 is 0. The molecule has 5 rings (SSSR count). The van der Waals surface area contributed by atoms with Gasteiger partial charge >= 0.3 is 0 Å². The minimum atomic E-state index is -0.750. The lowest BCUT2D eigenvalue weighted by atomic mass is 10.00. The number of nitrogens with two attached hydrogens (primary N) is 1. The fraction of sp³-hybridized carbons (Fsp3) is 0.192. The Labute approximate surface area is 205 Å². The van der Waals surface area contributed by atoms with E-state index in [1.54, 1.807) is 15.6 Å². The average Bonchev–Trinajstić information content (AvgIpc) is 3.29. The highest BCUT2D eigenvalue weighted by Crippen LogP contribution is 2.34. The van der Waals surface area contributed by atoms with E-state index in [9.17, 15) is 14.0 Å². The highest BCUT2D eigenvalue weighted by Gasteiger charge is 2.28. The number of halogens is 2. The van der Waals surface area contributed by atoms with Crippen LogP contribution in [-0.4, -0.2) is 49.4 Å². The van der Waals surface area contributed by atoms with Crippen LogP contribution in [0.15, 0.2) is 61.4 Å². The molecule has 0 spiro atoms. The summed E-state index contributed by atoms with van der Waals surface area (Å²) < 4.78 is 30.1. The summed E-state index contributed by atoms with van der Waals surface area (Å²) in [6.45, 7) is 4.61. The van der Waals surface area contributed by atoms with Crippen LogP contribution in [-0.2, 0) is 4.79 Å². The zero-order chi connectivity index (χ0) is 25.4. The molecule has 182 valence electrons. The molecule has 1 atom stereocenters. The predicted molar refractivity (Wildman–Crippen MR) is 130 cm³/mol. The van der Waals surface area contributed by atoms with E-state index in [-0.39, 0.29) is 28.9 Å². The molecule has 4 aromatic rings. The predicted octanol–water partition coefficient (Wildman–Crippen LogP) is 3.93. The van der Waals surface area contributed by atoms with Crippen LogP contribution >= 0.6 is 0 Å². The van der Waals surface area contributed by atoms with Crippen molar-refractivity contribution in [2.24, 2.45) is 0 Å². The Morgan fingerprint density at radius 2 is 1.89 bits per heavy atom. The van der Waals surface area contributed by atoms with Crippen LogP contribution in [0.5, 0.6) is 0 Å². The Hall–Kier alpha value is -4.47. The van der Waals surface area contributed by atoms with Crippen LogP contribution in [0.4, 0.5) is 14.6 Å². The fourth-order valence-electron chi connectivity index (χ4n) is 4.54. The highest BCUT2D eigenvalue weighted by molar-refractivity contribution is 6.09. The lowest BCUT2D eigenvalue weighted by Gasteiger charge is -2.32. The number of likely N-dealkylation sites (tertiary alicyclic amines) is 1. The Balaban J connectivity index is 1.55. The maximum Gasteiger partial charge on any atom is 0.246 e. The van der Waals surface area contributed by atoms with E-state index in [2.05, 4.69) is 16.5 Å². The number of hydrogen-bond acceptors (Lipinski definition) is 6. The number of nitrogen functional groups attached to an aromatic ring is 1. The van der Waals surface area contributed by atoms with Crippen molar-refractivity contribution in [3.05, 3.63) is 84.2 Å².